The molecular formula is C11H19N3. The Balaban J connectivity index is 1.83. The van der Waals surface area contributed by atoms with Gasteiger partial charge in [-0.1, -0.05) is 6.92 Å². The summed E-state index contributed by atoms with van der Waals surface area (Å²) in [5.74, 6) is 0. The summed E-state index contributed by atoms with van der Waals surface area (Å²) < 4.78 is 2.01. The molecule has 1 heterocycles. The highest BCUT2D eigenvalue weighted by Crippen LogP contribution is 2.48. The Morgan fingerprint density at radius 2 is 2.29 bits per heavy atom. The van der Waals surface area contributed by atoms with E-state index < -0.39 is 0 Å². The second-order valence-corrected chi connectivity index (χ2v) is 4.82. The Morgan fingerprint density at radius 3 is 2.79 bits per heavy atom. The summed E-state index contributed by atoms with van der Waals surface area (Å²) in [6.45, 7) is 5.41. The Morgan fingerprint density at radius 1 is 1.57 bits per heavy atom. The van der Waals surface area contributed by atoms with Crippen LogP contribution in [0, 0.1) is 12.3 Å². The van der Waals surface area contributed by atoms with Crippen molar-refractivity contribution in [2.24, 2.45) is 5.41 Å². The van der Waals surface area contributed by atoms with Crippen LogP contribution in [0.3, 0.4) is 0 Å². The lowest BCUT2D eigenvalue weighted by Gasteiger charge is -2.08. The molecule has 1 aromatic heterocycles. The Labute approximate surface area is 85.3 Å². The van der Waals surface area contributed by atoms with Crippen LogP contribution in [-0.2, 0) is 6.54 Å². The van der Waals surface area contributed by atoms with E-state index in [0.717, 1.165) is 17.9 Å². The monoisotopic (exact) mass is 193 g/mol. The molecule has 0 saturated heterocycles. The molecule has 1 aliphatic carbocycles. The predicted molar refractivity (Wildman–Crippen MR) is 58.0 cm³/mol. The van der Waals surface area contributed by atoms with Gasteiger partial charge >= 0.3 is 0 Å². The zero-order valence-electron chi connectivity index (χ0n) is 9.08. The van der Waals surface area contributed by atoms with Gasteiger partial charge in [0, 0.05) is 6.54 Å². The van der Waals surface area contributed by atoms with E-state index >= 15 is 0 Å². The number of hydrogen-bond acceptors (Lipinski definition) is 2. The van der Waals surface area contributed by atoms with Crippen molar-refractivity contribution < 1.29 is 0 Å². The van der Waals surface area contributed by atoms with Gasteiger partial charge in [0.25, 0.3) is 0 Å². The average Bonchev–Trinajstić information content (AvgIpc) is 2.80. The molecule has 0 atom stereocenters. The van der Waals surface area contributed by atoms with Gasteiger partial charge < -0.3 is 5.73 Å². The average molecular weight is 193 g/mol. The number of nitrogens with zero attached hydrogens (tertiary/aromatic N) is 2. The Hall–Kier alpha value is -0.990. The van der Waals surface area contributed by atoms with Crippen LogP contribution >= 0.6 is 0 Å². The first-order valence-corrected chi connectivity index (χ1v) is 5.39. The molecule has 1 aromatic rings. The molecule has 1 fully saturated rings. The SMILES string of the molecule is Cc1c(N)cnn1CCCC1(C)CC1. The van der Waals surface area contributed by atoms with Crippen molar-refractivity contribution in [1.29, 1.82) is 0 Å². The van der Waals surface area contributed by atoms with Gasteiger partial charge in [0.1, 0.15) is 0 Å². The summed E-state index contributed by atoms with van der Waals surface area (Å²) in [7, 11) is 0. The molecule has 1 aliphatic rings. The van der Waals surface area contributed by atoms with Gasteiger partial charge in [-0.2, -0.15) is 5.10 Å². The molecule has 2 rings (SSSR count). The Bertz CT molecular complexity index is 323. The minimum Gasteiger partial charge on any atom is -0.396 e. The highest BCUT2D eigenvalue weighted by atomic mass is 15.3. The molecule has 3 nitrogen and oxygen atoms in total. The highest BCUT2D eigenvalue weighted by molar-refractivity contribution is 5.39. The first kappa shape index (κ1) is 9.56. The van der Waals surface area contributed by atoms with Crippen LogP contribution in [0.25, 0.3) is 0 Å². The van der Waals surface area contributed by atoms with Crippen molar-refractivity contribution in [3.63, 3.8) is 0 Å². The molecule has 1 saturated carbocycles. The smallest absolute Gasteiger partial charge is 0.0730 e. The number of aryl methyl sites for hydroxylation is 1. The standard InChI is InChI=1S/C11H19N3/c1-9-10(12)8-13-14(9)7-3-4-11(2)5-6-11/h8H,3-7,12H2,1-2H3. The second kappa shape index (κ2) is 3.30. The fourth-order valence-electron chi connectivity index (χ4n) is 1.81. The van der Waals surface area contributed by atoms with Crippen LogP contribution < -0.4 is 5.73 Å². The largest absolute Gasteiger partial charge is 0.396 e. The number of nitrogen functional groups attached to an aromatic ring is 1. The molecule has 0 amide bonds. The fourth-order valence-corrected chi connectivity index (χ4v) is 1.81. The van der Waals surface area contributed by atoms with E-state index in [1.54, 1.807) is 6.20 Å². The topological polar surface area (TPSA) is 43.8 Å². The molecular weight excluding hydrogens is 174 g/mol. The van der Waals surface area contributed by atoms with E-state index in [-0.39, 0.29) is 0 Å². The first-order valence-electron chi connectivity index (χ1n) is 5.39. The summed E-state index contributed by atoms with van der Waals surface area (Å²) in [4.78, 5) is 0. The van der Waals surface area contributed by atoms with E-state index in [2.05, 4.69) is 12.0 Å². The van der Waals surface area contributed by atoms with E-state index in [0.29, 0.717) is 5.41 Å². The van der Waals surface area contributed by atoms with Crippen molar-refractivity contribution in [2.45, 2.75) is 46.1 Å². The van der Waals surface area contributed by atoms with Crippen LogP contribution in [0.4, 0.5) is 5.69 Å². The number of aromatic nitrogens is 2. The van der Waals surface area contributed by atoms with E-state index in [9.17, 15) is 0 Å². The van der Waals surface area contributed by atoms with Crippen LogP contribution in [0.2, 0.25) is 0 Å². The molecule has 78 valence electrons. The molecule has 0 unspecified atom stereocenters. The van der Waals surface area contributed by atoms with Gasteiger partial charge in [-0.15, -0.1) is 0 Å². The van der Waals surface area contributed by atoms with E-state index in [1.807, 2.05) is 11.6 Å². The predicted octanol–water partition coefficient (Wildman–Crippen LogP) is 2.35. The maximum Gasteiger partial charge on any atom is 0.0730 e. The molecule has 0 spiro atoms. The normalized spacial score (nSPS) is 18.4. The maximum atomic E-state index is 5.73. The van der Waals surface area contributed by atoms with Gasteiger partial charge in [0.2, 0.25) is 0 Å². The molecule has 2 N–H and O–H groups in total. The quantitative estimate of drug-likeness (QED) is 0.797. The molecule has 0 radical (unpaired) electrons. The lowest BCUT2D eigenvalue weighted by Crippen LogP contribution is -2.05. The Kier molecular flexibility index (Phi) is 2.25. The fraction of sp³-hybridized carbons (Fsp3) is 0.727. The third-order valence-electron chi connectivity index (χ3n) is 3.39. The van der Waals surface area contributed by atoms with Gasteiger partial charge in [0.05, 0.1) is 17.6 Å². The second-order valence-electron chi connectivity index (χ2n) is 4.82. The molecule has 0 bridgehead atoms. The summed E-state index contributed by atoms with van der Waals surface area (Å²) in [5, 5.41) is 4.25. The van der Waals surface area contributed by atoms with Crippen molar-refractivity contribution in [3.05, 3.63) is 11.9 Å². The first-order chi connectivity index (χ1) is 6.61. The maximum absolute atomic E-state index is 5.73. The van der Waals surface area contributed by atoms with Crippen molar-refractivity contribution in [2.75, 3.05) is 5.73 Å². The van der Waals surface area contributed by atoms with Crippen LogP contribution in [0.1, 0.15) is 38.3 Å². The zero-order chi connectivity index (χ0) is 10.2. The summed E-state index contributed by atoms with van der Waals surface area (Å²) in [6.07, 6.45) is 7.11. The highest BCUT2D eigenvalue weighted by Gasteiger charge is 2.36. The number of nitrogens with two attached hydrogens (primary N) is 1. The van der Waals surface area contributed by atoms with Gasteiger partial charge in [0.15, 0.2) is 0 Å². The number of rotatable bonds is 4. The zero-order valence-corrected chi connectivity index (χ0v) is 9.08. The lowest BCUT2D eigenvalue weighted by atomic mass is 10.0. The van der Waals surface area contributed by atoms with Gasteiger partial charge in [-0.25, -0.2) is 0 Å². The minimum atomic E-state index is 0.659. The molecule has 0 aliphatic heterocycles. The van der Waals surface area contributed by atoms with Crippen molar-refractivity contribution in [1.82, 2.24) is 9.78 Å². The van der Waals surface area contributed by atoms with Crippen LogP contribution in [0.15, 0.2) is 6.20 Å². The van der Waals surface area contributed by atoms with Crippen molar-refractivity contribution in [3.8, 4) is 0 Å². The lowest BCUT2D eigenvalue weighted by molar-refractivity contribution is 0.447. The molecule has 3 heteroatoms. The number of anilines is 1. The third-order valence-corrected chi connectivity index (χ3v) is 3.39. The van der Waals surface area contributed by atoms with Gasteiger partial charge in [-0.3, -0.25) is 4.68 Å². The van der Waals surface area contributed by atoms with Gasteiger partial charge in [-0.05, 0) is 38.0 Å². The van der Waals surface area contributed by atoms with Crippen molar-refractivity contribution >= 4 is 5.69 Å². The summed E-state index contributed by atoms with van der Waals surface area (Å²) >= 11 is 0. The molecule has 0 aromatic carbocycles. The molecule has 14 heavy (non-hydrogen) atoms. The number of hydrogen-bond donors (Lipinski definition) is 1. The van der Waals surface area contributed by atoms with E-state index in [1.165, 1.54) is 25.7 Å². The summed E-state index contributed by atoms with van der Waals surface area (Å²) in [6, 6.07) is 0. The van der Waals surface area contributed by atoms with Crippen LogP contribution in [-0.4, -0.2) is 9.78 Å². The van der Waals surface area contributed by atoms with E-state index in [4.69, 9.17) is 5.73 Å². The van der Waals surface area contributed by atoms with Crippen LogP contribution in [0.5, 0.6) is 0 Å². The minimum absolute atomic E-state index is 0.659. The third kappa shape index (κ3) is 1.91. The summed E-state index contributed by atoms with van der Waals surface area (Å²) in [5.41, 5.74) is 8.30.